The highest BCUT2D eigenvalue weighted by Gasteiger charge is 2.52. The number of nitrogens with zero attached hydrogens (tertiary/aromatic N) is 3. The van der Waals surface area contributed by atoms with Crippen molar-refractivity contribution in [2.75, 3.05) is 0 Å². The van der Waals surface area contributed by atoms with Crippen LogP contribution in [-0.4, -0.2) is 32.9 Å². The second kappa shape index (κ2) is 4.43. The van der Waals surface area contributed by atoms with E-state index in [0.717, 1.165) is 4.57 Å². The first kappa shape index (κ1) is 7.95. The summed E-state index contributed by atoms with van der Waals surface area (Å²) in [6.07, 6.45) is -1.67. The highest BCUT2D eigenvalue weighted by Crippen LogP contribution is 2.36. The monoisotopic (exact) mass is 277 g/mol. The molecular weight excluding hydrogens is 253 g/mol. The van der Waals surface area contributed by atoms with Gasteiger partial charge in [0.25, 0.3) is 0 Å². The van der Waals surface area contributed by atoms with E-state index in [-0.39, 0.29) is 17.5 Å². The first-order valence-electron chi connectivity index (χ1n) is 9.23. The van der Waals surface area contributed by atoms with E-state index in [0.29, 0.717) is 0 Å². The van der Waals surface area contributed by atoms with Gasteiger partial charge in [0.2, 0.25) is 0 Å². The number of hydrogen-bond donors (Lipinski definition) is 0. The van der Waals surface area contributed by atoms with Crippen molar-refractivity contribution in [3.8, 4) is 5.69 Å². The smallest absolute Gasteiger partial charge is 0.398 e. The number of aromatic nitrogens is 3. The fourth-order valence-corrected chi connectivity index (χ4v) is 1.76. The SMILES string of the molecule is [2H]c1nc([2H])c(-n2c([2H])nc(B3OC(C)(C)C(C)(C)O3)c2[2H])c([2H])c1[2H]. The Hall–Kier alpha value is -1.66. The Labute approximate surface area is 127 Å². The molecule has 2 aromatic heterocycles. The molecule has 5 nitrogen and oxygen atoms in total. The molecule has 0 bridgehead atoms. The molecule has 0 radical (unpaired) electrons. The Bertz CT molecular complexity index is 886. The predicted molar refractivity (Wildman–Crippen MR) is 77.1 cm³/mol. The van der Waals surface area contributed by atoms with Crippen LogP contribution in [0.5, 0.6) is 0 Å². The zero-order valence-electron chi connectivity index (χ0n) is 17.7. The Morgan fingerprint density at radius 3 is 2.65 bits per heavy atom. The van der Waals surface area contributed by atoms with Crippen LogP contribution in [0, 0.1) is 0 Å². The van der Waals surface area contributed by atoms with Crippen molar-refractivity contribution in [3.63, 3.8) is 0 Å². The van der Waals surface area contributed by atoms with E-state index in [1.165, 1.54) is 0 Å². The Balaban J connectivity index is 2.14. The average Bonchev–Trinajstić information content (AvgIpc) is 2.91. The maximum atomic E-state index is 8.36. The molecule has 0 saturated carbocycles. The Morgan fingerprint density at radius 1 is 1.25 bits per heavy atom. The molecule has 0 unspecified atom stereocenters. The molecule has 6 heteroatoms. The summed E-state index contributed by atoms with van der Waals surface area (Å²) in [6.45, 7) is 7.40. The lowest BCUT2D eigenvalue weighted by atomic mass is 9.86. The van der Waals surface area contributed by atoms with Crippen LogP contribution in [0.15, 0.2) is 36.9 Å². The van der Waals surface area contributed by atoms with Crippen LogP contribution < -0.4 is 5.59 Å². The largest absolute Gasteiger partial charge is 0.516 e. The van der Waals surface area contributed by atoms with E-state index in [4.69, 9.17) is 17.5 Å². The van der Waals surface area contributed by atoms with Crippen molar-refractivity contribution in [2.24, 2.45) is 0 Å². The van der Waals surface area contributed by atoms with E-state index < -0.39 is 49.1 Å². The van der Waals surface area contributed by atoms with Crippen molar-refractivity contribution < 1.29 is 17.5 Å². The third kappa shape index (κ3) is 2.15. The van der Waals surface area contributed by atoms with Gasteiger partial charge < -0.3 is 13.9 Å². The van der Waals surface area contributed by atoms with Gasteiger partial charge in [0.1, 0.15) is 1.37 Å². The van der Waals surface area contributed by atoms with E-state index in [2.05, 4.69) is 9.97 Å². The third-order valence-electron chi connectivity index (χ3n) is 3.65. The van der Waals surface area contributed by atoms with Gasteiger partial charge >= 0.3 is 7.12 Å². The van der Waals surface area contributed by atoms with E-state index >= 15 is 0 Å². The highest BCUT2D eigenvalue weighted by molar-refractivity contribution is 6.61. The maximum absolute atomic E-state index is 8.36. The molecule has 1 saturated heterocycles. The summed E-state index contributed by atoms with van der Waals surface area (Å²) >= 11 is 0. The van der Waals surface area contributed by atoms with Crippen molar-refractivity contribution in [3.05, 3.63) is 36.9 Å². The van der Waals surface area contributed by atoms with Gasteiger partial charge in [-0.2, -0.15) is 0 Å². The molecule has 104 valence electrons. The van der Waals surface area contributed by atoms with Gasteiger partial charge in [0, 0.05) is 12.3 Å². The molecule has 1 aliphatic rings. The molecule has 0 aliphatic carbocycles. The number of imidazole rings is 1. The minimum atomic E-state index is -0.972. The number of rotatable bonds is 2. The van der Waals surface area contributed by atoms with Gasteiger partial charge in [-0.1, -0.05) is 0 Å². The quantitative estimate of drug-likeness (QED) is 0.782. The normalized spacial score (nSPS) is 24.5. The molecule has 1 fully saturated rings. The molecule has 20 heavy (non-hydrogen) atoms. The summed E-state index contributed by atoms with van der Waals surface area (Å²) in [5.74, 6) is 0. The lowest BCUT2D eigenvalue weighted by Gasteiger charge is -2.32. The maximum Gasteiger partial charge on any atom is 0.516 e. The van der Waals surface area contributed by atoms with Crippen LogP contribution >= 0.6 is 0 Å². The van der Waals surface area contributed by atoms with Crippen LogP contribution in [0.4, 0.5) is 0 Å². The lowest BCUT2D eigenvalue weighted by Crippen LogP contribution is -2.41. The summed E-state index contributed by atoms with van der Waals surface area (Å²) in [6, 6.07) is -0.949. The van der Waals surface area contributed by atoms with Crippen molar-refractivity contribution >= 4 is 12.7 Å². The minimum Gasteiger partial charge on any atom is -0.398 e. The first-order valence-corrected chi connectivity index (χ1v) is 6.23. The van der Waals surface area contributed by atoms with Gasteiger partial charge in [-0.25, -0.2) is 4.98 Å². The zero-order chi connectivity index (χ0) is 19.6. The van der Waals surface area contributed by atoms with E-state index in [1.807, 2.05) is 27.7 Å². The fraction of sp³-hybridized carbons (Fsp3) is 0.429. The highest BCUT2D eigenvalue weighted by atomic mass is 16.7. The molecular formula is C14H18BN3O2. The van der Waals surface area contributed by atoms with E-state index in [9.17, 15) is 0 Å². The molecule has 2 aromatic rings. The zero-order valence-corrected chi connectivity index (χ0v) is 11.7. The molecule has 0 amide bonds. The summed E-state index contributed by atoms with van der Waals surface area (Å²) < 4.78 is 60.2. The summed E-state index contributed by atoms with van der Waals surface area (Å²) in [7, 11) is -0.972. The first-order chi connectivity index (χ1) is 11.9. The van der Waals surface area contributed by atoms with Crippen molar-refractivity contribution in [1.29, 1.82) is 0 Å². The lowest BCUT2D eigenvalue weighted by molar-refractivity contribution is 0.00578. The van der Waals surface area contributed by atoms with Gasteiger partial charge in [-0.15, -0.1) is 0 Å². The molecule has 0 N–H and O–H groups in total. The molecule has 0 spiro atoms. The Kier molecular flexibility index (Phi) is 1.76. The third-order valence-corrected chi connectivity index (χ3v) is 3.65. The summed E-state index contributed by atoms with van der Waals surface area (Å²) in [5, 5.41) is 0. The predicted octanol–water partition coefficient (Wildman–Crippen LogP) is 1.57. The summed E-state index contributed by atoms with van der Waals surface area (Å²) in [5.41, 5.74) is -1.50. The van der Waals surface area contributed by atoms with Crippen molar-refractivity contribution in [2.45, 2.75) is 38.9 Å². The number of hydrogen-bond acceptors (Lipinski definition) is 4. The second-order valence-corrected chi connectivity index (χ2v) is 5.57. The van der Waals surface area contributed by atoms with Crippen LogP contribution in [0.2, 0.25) is 0 Å². The summed E-state index contributed by atoms with van der Waals surface area (Å²) in [4.78, 5) is 7.62. The molecule has 3 rings (SSSR count). The molecule has 0 aromatic carbocycles. The minimum absolute atomic E-state index is 0.0499. The van der Waals surface area contributed by atoms with E-state index in [1.54, 1.807) is 0 Å². The fourth-order valence-electron chi connectivity index (χ4n) is 1.76. The van der Waals surface area contributed by atoms with Gasteiger partial charge in [0.15, 0.2) is 0 Å². The topological polar surface area (TPSA) is 49.2 Å². The molecule has 0 atom stereocenters. The Morgan fingerprint density at radius 2 is 1.95 bits per heavy atom. The average molecular weight is 277 g/mol. The van der Waals surface area contributed by atoms with Gasteiger partial charge in [-0.05, 0) is 39.8 Å². The standard InChI is InChI=1S/C14H18BN3O2/c1-13(2)14(3,4)20-15(19-13)12-9-18(10-17-12)11-6-5-7-16-8-11/h5-10H,1-4H3/i5D,6D,7D,8D,9D,10D. The molecule has 1 aliphatic heterocycles. The number of pyridine rings is 1. The molecule has 3 heterocycles. The van der Waals surface area contributed by atoms with Crippen molar-refractivity contribution in [1.82, 2.24) is 14.5 Å². The second-order valence-electron chi connectivity index (χ2n) is 5.57. The van der Waals surface area contributed by atoms with Gasteiger partial charge in [-0.3, -0.25) is 4.98 Å². The van der Waals surface area contributed by atoms with Crippen LogP contribution in [0.1, 0.15) is 35.9 Å². The van der Waals surface area contributed by atoms with Gasteiger partial charge in [0.05, 0.1) is 41.8 Å². The van der Waals surface area contributed by atoms with Crippen LogP contribution in [0.3, 0.4) is 0 Å². The van der Waals surface area contributed by atoms with Crippen LogP contribution in [0.25, 0.3) is 5.69 Å². The van der Waals surface area contributed by atoms with Crippen LogP contribution in [-0.2, 0) is 9.31 Å².